The van der Waals surface area contributed by atoms with Crippen molar-refractivity contribution in [2.24, 2.45) is 0 Å². The summed E-state index contributed by atoms with van der Waals surface area (Å²) in [4.78, 5) is 8.16. The highest BCUT2D eigenvalue weighted by Gasteiger charge is 2.10. The third kappa shape index (κ3) is 3.45. The highest BCUT2D eigenvalue weighted by Crippen LogP contribution is 2.26. The molecule has 5 heteroatoms. The molecule has 0 aliphatic rings. The van der Waals surface area contributed by atoms with E-state index in [1.165, 1.54) is 6.33 Å². The van der Waals surface area contributed by atoms with Crippen LogP contribution in [0.4, 0.5) is 5.82 Å². The van der Waals surface area contributed by atoms with Crippen molar-refractivity contribution in [3.63, 3.8) is 0 Å². The minimum Gasteiger partial charge on any atom is -0.439 e. The van der Waals surface area contributed by atoms with Gasteiger partial charge < -0.3 is 15.6 Å². The Morgan fingerprint density at radius 2 is 1.90 bits per heavy atom. The van der Waals surface area contributed by atoms with Crippen LogP contribution in [0.25, 0.3) is 0 Å². The van der Waals surface area contributed by atoms with Crippen LogP contribution >= 0.6 is 0 Å². The van der Waals surface area contributed by atoms with Gasteiger partial charge in [0, 0.05) is 6.61 Å². The van der Waals surface area contributed by atoms with Gasteiger partial charge in [0.15, 0.2) is 0 Å². The highest BCUT2D eigenvalue weighted by atomic mass is 16.5. The van der Waals surface area contributed by atoms with E-state index in [1.807, 2.05) is 24.3 Å². The topological polar surface area (TPSA) is 81.3 Å². The summed E-state index contributed by atoms with van der Waals surface area (Å²) in [6.07, 6.45) is 3.78. The molecule has 0 unspecified atom stereocenters. The lowest BCUT2D eigenvalue weighted by molar-refractivity contribution is 0.299. The normalized spacial score (nSPS) is 10.5. The molecule has 0 saturated heterocycles. The van der Waals surface area contributed by atoms with E-state index in [2.05, 4.69) is 16.9 Å². The summed E-state index contributed by atoms with van der Waals surface area (Å²) in [7, 11) is 0. The highest BCUT2D eigenvalue weighted by molar-refractivity contribution is 5.46. The minimum atomic E-state index is 0.142. The molecule has 0 atom stereocenters. The van der Waals surface area contributed by atoms with Gasteiger partial charge in [-0.25, -0.2) is 9.97 Å². The maximum atomic E-state index is 8.89. The third-order valence-electron chi connectivity index (χ3n) is 2.98. The van der Waals surface area contributed by atoms with E-state index in [0.717, 1.165) is 24.0 Å². The van der Waals surface area contributed by atoms with Gasteiger partial charge in [-0.15, -0.1) is 0 Å². The average molecular weight is 273 g/mol. The predicted octanol–water partition coefficient (Wildman–Crippen LogP) is 2.34. The lowest BCUT2D eigenvalue weighted by Crippen LogP contribution is -2.02. The molecule has 20 heavy (non-hydrogen) atoms. The first-order valence-corrected chi connectivity index (χ1v) is 6.71. The van der Waals surface area contributed by atoms with Crippen molar-refractivity contribution in [2.75, 3.05) is 12.3 Å². The first-order valence-electron chi connectivity index (χ1n) is 6.71. The van der Waals surface area contributed by atoms with Gasteiger partial charge in [-0.3, -0.25) is 0 Å². The number of nitrogens with zero attached hydrogens (tertiary/aromatic N) is 2. The molecule has 1 aromatic heterocycles. The SMILES string of the molecule is CCCc1c(N)ncnc1Oc1ccc(CCO)cc1. The Labute approximate surface area is 118 Å². The second-order valence-corrected chi connectivity index (χ2v) is 4.51. The second-order valence-electron chi connectivity index (χ2n) is 4.51. The molecule has 0 spiro atoms. The maximum absolute atomic E-state index is 8.89. The molecule has 5 nitrogen and oxygen atoms in total. The van der Waals surface area contributed by atoms with E-state index < -0.39 is 0 Å². The van der Waals surface area contributed by atoms with E-state index in [0.29, 0.717) is 23.9 Å². The van der Waals surface area contributed by atoms with Crippen molar-refractivity contribution >= 4 is 5.82 Å². The fraction of sp³-hybridized carbons (Fsp3) is 0.333. The van der Waals surface area contributed by atoms with Crippen molar-refractivity contribution in [1.29, 1.82) is 0 Å². The molecule has 106 valence electrons. The molecule has 0 amide bonds. The molecule has 0 radical (unpaired) electrons. The van der Waals surface area contributed by atoms with Gasteiger partial charge in [-0.1, -0.05) is 25.5 Å². The zero-order valence-electron chi connectivity index (χ0n) is 11.5. The second kappa shape index (κ2) is 6.86. The predicted molar refractivity (Wildman–Crippen MR) is 77.7 cm³/mol. The first kappa shape index (κ1) is 14.3. The quantitative estimate of drug-likeness (QED) is 0.844. The summed E-state index contributed by atoms with van der Waals surface area (Å²) >= 11 is 0. The molecule has 0 fully saturated rings. The Morgan fingerprint density at radius 1 is 1.15 bits per heavy atom. The number of nitrogens with two attached hydrogens (primary N) is 1. The van der Waals surface area contributed by atoms with E-state index in [9.17, 15) is 0 Å². The Balaban J connectivity index is 2.19. The van der Waals surface area contributed by atoms with Gasteiger partial charge >= 0.3 is 0 Å². The smallest absolute Gasteiger partial charge is 0.227 e. The monoisotopic (exact) mass is 273 g/mol. The van der Waals surface area contributed by atoms with E-state index >= 15 is 0 Å². The molecule has 0 aliphatic carbocycles. The van der Waals surface area contributed by atoms with Crippen molar-refractivity contribution in [2.45, 2.75) is 26.2 Å². The third-order valence-corrected chi connectivity index (χ3v) is 2.98. The van der Waals surface area contributed by atoms with Gasteiger partial charge in [0.25, 0.3) is 0 Å². The fourth-order valence-corrected chi connectivity index (χ4v) is 1.95. The Kier molecular flexibility index (Phi) is 4.90. The number of hydrogen-bond donors (Lipinski definition) is 2. The van der Waals surface area contributed by atoms with E-state index in [1.54, 1.807) is 0 Å². The van der Waals surface area contributed by atoms with E-state index in [-0.39, 0.29) is 6.61 Å². The summed E-state index contributed by atoms with van der Waals surface area (Å²) in [6.45, 7) is 2.21. The van der Waals surface area contributed by atoms with E-state index in [4.69, 9.17) is 15.6 Å². The number of anilines is 1. The summed E-state index contributed by atoms with van der Waals surface area (Å²) in [6, 6.07) is 7.57. The Bertz CT molecular complexity index is 556. The zero-order chi connectivity index (χ0) is 14.4. The van der Waals surface area contributed by atoms with Gasteiger partial charge in [0.1, 0.15) is 17.9 Å². The summed E-state index contributed by atoms with van der Waals surface area (Å²) < 4.78 is 5.78. The van der Waals surface area contributed by atoms with Gasteiger partial charge in [-0.2, -0.15) is 0 Å². The van der Waals surface area contributed by atoms with Crippen molar-refractivity contribution in [3.05, 3.63) is 41.7 Å². The van der Waals surface area contributed by atoms with Crippen LogP contribution in [0.15, 0.2) is 30.6 Å². The number of nitrogen functional groups attached to an aromatic ring is 1. The zero-order valence-corrected chi connectivity index (χ0v) is 11.5. The van der Waals surface area contributed by atoms with Crippen LogP contribution in [-0.2, 0) is 12.8 Å². The number of aliphatic hydroxyl groups excluding tert-OH is 1. The molecular formula is C15H19N3O2. The first-order chi connectivity index (χ1) is 9.74. The lowest BCUT2D eigenvalue weighted by Gasteiger charge is -2.11. The molecular weight excluding hydrogens is 254 g/mol. The van der Waals surface area contributed by atoms with Crippen LogP contribution in [0, 0.1) is 0 Å². The lowest BCUT2D eigenvalue weighted by atomic mass is 10.1. The maximum Gasteiger partial charge on any atom is 0.227 e. The number of ether oxygens (including phenoxy) is 1. The molecule has 0 bridgehead atoms. The Hall–Kier alpha value is -2.14. The van der Waals surface area contributed by atoms with Gasteiger partial charge in [0.2, 0.25) is 5.88 Å². The molecule has 0 saturated carbocycles. The van der Waals surface area contributed by atoms with Crippen molar-refractivity contribution in [1.82, 2.24) is 9.97 Å². The van der Waals surface area contributed by atoms with Crippen LogP contribution in [0.3, 0.4) is 0 Å². The summed E-state index contributed by atoms with van der Waals surface area (Å²) in [5.74, 6) is 1.67. The van der Waals surface area contributed by atoms with Crippen LogP contribution in [-0.4, -0.2) is 21.7 Å². The van der Waals surface area contributed by atoms with Crippen molar-refractivity contribution < 1.29 is 9.84 Å². The standard InChI is InChI=1S/C15H19N3O2/c1-2-3-13-14(16)17-10-18-15(13)20-12-6-4-11(5-7-12)8-9-19/h4-7,10,19H,2-3,8-9H2,1H3,(H2,16,17,18). The number of benzene rings is 1. The van der Waals surface area contributed by atoms with Crippen LogP contribution < -0.4 is 10.5 Å². The fourth-order valence-electron chi connectivity index (χ4n) is 1.95. The van der Waals surface area contributed by atoms with Gasteiger partial charge in [-0.05, 0) is 30.5 Å². The van der Waals surface area contributed by atoms with Crippen molar-refractivity contribution in [3.8, 4) is 11.6 Å². The molecule has 1 aromatic carbocycles. The molecule has 2 rings (SSSR count). The van der Waals surface area contributed by atoms with Gasteiger partial charge in [0.05, 0.1) is 5.56 Å². The molecule has 0 aliphatic heterocycles. The number of aromatic nitrogens is 2. The summed E-state index contributed by atoms with van der Waals surface area (Å²) in [5, 5.41) is 8.89. The molecule has 1 heterocycles. The number of hydrogen-bond acceptors (Lipinski definition) is 5. The van der Waals surface area contributed by atoms with Crippen LogP contribution in [0.5, 0.6) is 11.6 Å². The van der Waals surface area contributed by atoms with Crippen LogP contribution in [0.1, 0.15) is 24.5 Å². The number of rotatable bonds is 6. The average Bonchev–Trinajstić information content (AvgIpc) is 2.45. The molecule has 3 N–H and O–H groups in total. The summed E-state index contributed by atoms with van der Waals surface area (Å²) in [5.41, 5.74) is 7.77. The number of aliphatic hydroxyl groups is 1. The minimum absolute atomic E-state index is 0.142. The Morgan fingerprint density at radius 3 is 2.55 bits per heavy atom. The largest absolute Gasteiger partial charge is 0.439 e. The molecule has 2 aromatic rings. The van der Waals surface area contributed by atoms with Crippen LogP contribution in [0.2, 0.25) is 0 Å².